The number of carbonyl (C=O) groups excluding carboxylic acids is 1. The van der Waals surface area contributed by atoms with Crippen LogP contribution >= 0.6 is 0 Å². The van der Waals surface area contributed by atoms with Crippen molar-refractivity contribution in [1.29, 1.82) is 0 Å². The van der Waals surface area contributed by atoms with E-state index in [0.29, 0.717) is 6.61 Å². The molecule has 1 amide bonds. The standard InChI is InChI=1S/C6H12N2O2/c1-2-10-8-5-3-4-7-6(5)9/h5,8H,2-4H2,1H3,(H,7,9). The minimum absolute atomic E-state index is 0.0356. The molecule has 1 atom stereocenters. The molecule has 10 heavy (non-hydrogen) atoms. The van der Waals surface area contributed by atoms with Gasteiger partial charge in [0.2, 0.25) is 5.91 Å². The van der Waals surface area contributed by atoms with Gasteiger partial charge in [-0.3, -0.25) is 4.79 Å². The number of hydrogen-bond acceptors (Lipinski definition) is 3. The summed E-state index contributed by atoms with van der Waals surface area (Å²) in [6.45, 7) is 3.22. The molecule has 2 N–H and O–H groups in total. The molecule has 1 aliphatic heterocycles. The van der Waals surface area contributed by atoms with Gasteiger partial charge in [0.25, 0.3) is 0 Å². The van der Waals surface area contributed by atoms with Crippen LogP contribution in [0.3, 0.4) is 0 Å². The highest BCUT2D eigenvalue weighted by molar-refractivity contribution is 5.83. The van der Waals surface area contributed by atoms with Crippen molar-refractivity contribution in [3.05, 3.63) is 0 Å². The van der Waals surface area contributed by atoms with E-state index in [1.807, 2.05) is 6.92 Å². The van der Waals surface area contributed by atoms with E-state index in [4.69, 9.17) is 4.84 Å². The molecule has 58 valence electrons. The number of hydrogen-bond donors (Lipinski definition) is 2. The number of rotatable bonds is 3. The van der Waals surface area contributed by atoms with Crippen molar-refractivity contribution in [3.63, 3.8) is 0 Å². The fourth-order valence-electron chi connectivity index (χ4n) is 0.890. The van der Waals surface area contributed by atoms with Crippen LogP contribution in [0.2, 0.25) is 0 Å². The molecule has 0 saturated carbocycles. The molecular formula is C6H12N2O2. The Morgan fingerprint density at radius 1 is 1.90 bits per heavy atom. The van der Waals surface area contributed by atoms with Crippen LogP contribution in [0.25, 0.3) is 0 Å². The highest BCUT2D eigenvalue weighted by atomic mass is 16.6. The average molecular weight is 144 g/mol. The van der Waals surface area contributed by atoms with Crippen LogP contribution in [0.4, 0.5) is 0 Å². The molecule has 4 nitrogen and oxygen atoms in total. The number of amides is 1. The predicted molar refractivity (Wildman–Crippen MR) is 36.2 cm³/mol. The van der Waals surface area contributed by atoms with Gasteiger partial charge in [-0.1, -0.05) is 0 Å². The van der Waals surface area contributed by atoms with E-state index in [-0.39, 0.29) is 11.9 Å². The molecule has 1 aliphatic rings. The van der Waals surface area contributed by atoms with Crippen molar-refractivity contribution in [2.75, 3.05) is 13.2 Å². The third kappa shape index (κ3) is 1.68. The summed E-state index contributed by atoms with van der Waals surface area (Å²) in [5, 5.41) is 2.70. The molecule has 1 rings (SSSR count). The van der Waals surface area contributed by atoms with E-state index in [1.165, 1.54) is 0 Å². The van der Waals surface area contributed by atoms with Crippen LogP contribution in [-0.2, 0) is 9.63 Å². The Labute approximate surface area is 59.9 Å². The third-order valence-corrected chi connectivity index (χ3v) is 1.42. The maximum atomic E-state index is 10.8. The summed E-state index contributed by atoms with van der Waals surface area (Å²) in [6, 6.07) is -0.139. The predicted octanol–water partition coefficient (Wildman–Crippen LogP) is -0.584. The summed E-state index contributed by atoms with van der Waals surface area (Å²) in [5.41, 5.74) is 2.67. The zero-order valence-electron chi connectivity index (χ0n) is 6.02. The van der Waals surface area contributed by atoms with Gasteiger partial charge in [-0.15, -0.1) is 0 Å². The summed E-state index contributed by atoms with van der Waals surface area (Å²) in [5.74, 6) is 0.0356. The van der Waals surface area contributed by atoms with Gasteiger partial charge < -0.3 is 10.2 Å². The topological polar surface area (TPSA) is 50.4 Å². The summed E-state index contributed by atoms with van der Waals surface area (Å²) in [4.78, 5) is 15.7. The lowest BCUT2D eigenvalue weighted by Gasteiger charge is -2.07. The summed E-state index contributed by atoms with van der Waals surface area (Å²) >= 11 is 0. The number of hydroxylamine groups is 1. The first kappa shape index (κ1) is 7.50. The number of nitrogens with one attached hydrogen (secondary N) is 2. The lowest BCUT2D eigenvalue weighted by Crippen LogP contribution is -2.36. The summed E-state index contributed by atoms with van der Waals surface area (Å²) in [7, 11) is 0. The molecular weight excluding hydrogens is 132 g/mol. The second-order valence-corrected chi connectivity index (χ2v) is 2.18. The van der Waals surface area contributed by atoms with E-state index in [2.05, 4.69) is 10.8 Å². The Bertz CT molecular complexity index is 127. The Hall–Kier alpha value is -0.610. The van der Waals surface area contributed by atoms with Crippen molar-refractivity contribution < 1.29 is 9.63 Å². The average Bonchev–Trinajstić information content (AvgIpc) is 2.31. The Kier molecular flexibility index (Phi) is 2.65. The molecule has 0 bridgehead atoms. The van der Waals surface area contributed by atoms with Crippen LogP contribution in [0.15, 0.2) is 0 Å². The molecule has 0 aromatic heterocycles. The molecule has 1 heterocycles. The first-order valence-corrected chi connectivity index (χ1v) is 3.49. The third-order valence-electron chi connectivity index (χ3n) is 1.42. The van der Waals surface area contributed by atoms with Gasteiger partial charge in [-0.05, 0) is 13.3 Å². The zero-order valence-corrected chi connectivity index (χ0v) is 6.02. The fraction of sp³-hybridized carbons (Fsp3) is 0.833. The molecule has 0 radical (unpaired) electrons. The quantitative estimate of drug-likeness (QED) is 0.521. The van der Waals surface area contributed by atoms with E-state index >= 15 is 0 Å². The second kappa shape index (κ2) is 3.53. The molecule has 0 aromatic rings. The highest BCUT2D eigenvalue weighted by Crippen LogP contribution is 1.98. The zero-order chi connectivity index (χ0) is 7.40. The Morgan fingerprint density at radius 3 is 3.20 bits per heavy atom. The minimum atomic E-state index is -0.139. The lowest BCUT2D eigenvalue weighted by atomic mass is 10.3. The Balaban J connectivity index is 2.20. The molecule has 0 aliphatic carbocycles. The fourth-order valence-corrected chi connectivity index (χ4v) is 0.890. The maximum Gasteiger partial charge on any atom is 0.239 e. The SMILES string of the molecule is CCONC1CCNC1=O. The smallest absolute Gasteiger partial charge is 0.239 e. The van der Waals surface area contributed by atoms with Gasteiger partial charge in [0.15, 0.2) is 0 Å². The normalized spacial score (nSPS) is 24.9. The maximum absolute atomic E-state index is 10.8. The van der Waals surface area contributed by atoms with Crippen molar-refractivity contribution in [2.45, 2.75) is 19.4 Å². The van der Waals surface area contributed by atoms with Crippen LogP contribution in [0, 0.1) is 0 Å². The van der Waals surface area contributed by atoms with E-state index < -0.39 is 0 Å². The van der Waals surface area contributed by atoms with Gasteiger partial charge >= 0.3 is 0 Å². The highest BCUT2D eigenvalue weighted by Gasteiger charge is 2.23. The summed E-state index contributed by atoms with van der Waals surface area (Å²) < 4.78 is 0. The van der Waals surface area contributed by atoms with E-state index in [1.54, 1.807) is 0 Å². The van der Waals surface area contributed by atoms with Crippen LogP contribution in [-0.4, -0.2) is 25.1 Å². The van der Waals surface area contributed by atoms with E-state index in [9.17, 15) is 4.79 Å². The lowest BCUT2D eigenvalue weighted by molar-refractivity contribution is -0.124. The Morgan fingerprint density at radius 2 is 2.70 bits per heavy atom. The first-order valence-electron chi connectivity index (χ1n) is 3.49. The number of carbonyl (C=O) groups is 1. The summed E-state index contributed by atoms with van der Waals surface area (Å²) in [6.07, 6.45) is 0.818. The van der Waals surface area contributed by atoms with Crippen LogP contribution in [0.1, 0.15) is 13.3 Å². The minimum Gasteiger partial charge on any atom is -0.355 e. The van der Waals surface area contributed by atoms with Crippen molar-refractivity contribution in [1.82, 2.24) is 10.8 Å². The molecule has 4 heteroatoms. The molecule has 0 spiro atoms. The molecule has 1 unspecified atom stereocenters. The van der Waals surface area contributed by atoms with Crippen molar-refractivity contribution in [3.8, 4) is 0 Å². The van der Waals surface area contributed by atoms with Crippen LogP contribution in [0.5, 0.6) is 0 Å². The largest absolute Gasteiger partial charge is 0.355 e. The van der Waals surface area contributed by atoms with Gasteiger partial charge in [0.05, 0.1) is 6.61 Å². The van der Waals surface area contributed by atoms with Crippen LogP contribution < -0.4 is 10.8 Å². The van der Waals surface area contributed by atoms with Gasteiger partial charge in [0.1, 0.15) is 6.04 Å². The molecule has 1 fully saturated rings. The molecule has 0 aromatic carbocycles. The van der Waals surface area contributed by atoms with Crippen molar-refractivity contribution in [2.24, 2.45) is 0 Å². The second-order valence-electron chi connectivity index (χ2n) is 2.18. The van der Waals surface area contributed by atoms with Gasteiger partial charge in [-0.25, -0.2) is 0 Å². The van der Waals surface area contributed by atoms with Crippen molar-refractivity contribution >= 4 is 5.91 Å². The van der Waals surface area contributed by atoms with E-state index in [0.717, 1.165) is 13.0 Å². The van der Waals surface area contributed by atoms with Gasteiger partial charge in [-0.2, -0.15) is 5.48 Å². The monoisotopic (exact) mass is 144 g/mol. The first-order chi connectivity index (χ1) is 4.84. The van der Waals surface area contributed by atoms with Gasteiger partial charge in [0, 0.05) is 6.54 Å². The molecule has 1 saturated heterocycles.